The monoisotopic (exact) mass is 261 g/mol. The van der Waals surface area contributed by atoms with Gasteiger partial charge in [0.15, 0.2) is 0 Å². The van der Waals surface area contributed by atoms with E-state index in [4.69, 9.17) is 0 Å². The number of rotatable bonds is 4. The quantitative estimate of drug-likeness (QED) is 0.863. The molecule has 1 aliphatic rings. The van der Waals surface area contributed by atoms with E-state index in [0.717, 1.165) is 23.6 Å². The SMILES string of the molecule is CCC1CCC(Nc2cc(C)ccc2C(=O)O)C1C. The predicted octanol–water partition coefficient (Wildman–Crippen LogP) is 3.93. The second kappa shape index (κ2) is 5.64. The number of anilines is 1. The van der Waals surface area contributed by atoms with Gasteiger partial charge in [-0.3, -0.25) is 0 Å². The Morgan fingerprint density at radius 3 is 2.74 bits per heavy atom. The zero-order chi connectivity index (χ0) is 14.0. The molecular weight excluding hydrogens is 238 g/mol. The third-order valence-electron chi connectivity index (χ3n) is 4.50. The van der Waals surface area contributed by atoms with Crippen LogP contribution in [0.3, 0.4) is 0 Å². The number of carbonyl (C=O) groups is 1. The fraction of sp³-hybridized carbons (Fsp3) is 0.562. The van der Waals surface area contributed by atoms with Crippen molar-refractivity contribution in [3.63, 3.8) is 0 Å². The fourth-order valence-corrected chi connectivity index (χ4v) is 3.19. The van der Waals surface area contributed by atoms with Crippen molar-refractivity contribution < 1.29 is 9.90 Å². The summed E-state index contributed by atoms with van der Waals surface area (Å²) >= 11 is 0. The van der Waals surface area contributed by atoms with E-state index in [1.807, 2.05) is 19.1 Å². The van der Waals surface area contributed by atoms with E-state index < -0.39 is 5.97 Å². The number of carboxylic acid groups (broad SMARTS) is 1. The lowest BCUT2D eigenvalue weighted by Gasteiger charge is -2.23. The maximum atomic E-state index is 11.3. The molecule has 19 heavy (non-hydrogen) atoms. The summed E-state index contributed by atoms with van der Waals surface area (Å²) in [6, 6.07) is 5.87. The molecule has 0 aliphatic heterocycles. The Kier molecular flexibility index (Phi) is 4.13. The van der Waals surface area contributed by atoms with E-state index in [9.17, 15) is 9.90 Å². The fourth-order valence-electron chi connectivity index (χ4n) is 3.19. The first-order valence-electron chi connectivity index (χ1n) is 7.13. The maximum Gasteiger partial charge on any atom is 0.337 e. The highest BCUT2D eigenvalue weighted by Crippen LogP contribution is 2.36. The van der Waals surface area contributed by atoms with E-state index in [0.29, 0.717) is 17.5 Å². The molecule has 0 radical (unpaired) electrons. The first-order valence-corrected chi connectivity index (χ1v) is 7.13. The molecule has 0 bridgehead atoms. The maximum absolute atomic E-state index is 11.3. The lowest BCUT2D eigenvalue weighted by atomic mass is 9.93. The predicted molar refractivity (Wildman–Crippen MR) is 77.7 cm³/mol. The number of nitrogens with one attached hydrogen (secondary N) is 1. The van der Waals surface area contributed by atoms with Crippen LogP contribution in [0.1, 0.15) is 49.0 Å². The van der Waals surface area contributed by atoms with Gasteiger partial charge < -0.3 is 10.4 Å². The van der Waals surface area contributed by atoms with Gasteiger partial charge >= 0.3 is 5.97 Å². The van der Waals surface area contributed by atoms with Gasteiger partial charge in [-0.2, -0.15) is 0 Å². The summed E-state index contributed by atoms with van der Waals surface area (Å²) in [5.41, 5.74) is 2.23. The zero-order valence-corrected chi connectivity index (χ0v) is 11.9. The molecule has 3 atom stereocenters. The summed E-state index contributed by atoms with van der Waals surface area (Å²) in [7, 11) is 0. The number of hydrogen-bond donors (Lipinski definition) is 2. The first-order chi connectivity index (χ1) is 9.02. The molecule has 1 aliphatic carbocycles. The van der Waals surface area contributed by atoms with Crippen molar-refractivity contribution in [2.24, 2.45) is 11.8 Å². The van der Waals surface area contributed by atoms with Crippen LogP contribution in [0.4, 0.5) is 5.69 Å². The van der Waals surface area contributed by atoms with E-state index in [2.05, 4.69) is 19.2 Å². The van der Waals surface area contributed by atoms with Crippen LogP contribution in [0.15, 0.2) is 18.2 Å². The molecule has 104 valence electrons. The molecule has 0 saturated heterocycles. The zero-order valence-electron chi connectivity index (χ0n) is 11.9. The second-order valence-electron chi connectivity index (χ2n) is 5.71. The van der Waals surface area contributed by atoms with Crippen molar-refractivity contribution >= 4 is 11.7 Å². The molecule has 1 aromatic carbocycles. The third kappa shape index (κ3) is 2.91. The van der Waals surface area contributed by atoms with Crippen LogP contribution in [0.5, 0.6) is 0 Å². The molecule has 0 aromatic heterocycles. The van der Waals surface area contributed by atoms with Crippen LogP contribution in [-0.2, 0) is 0 Å². The van der Waals surface area contributed by atoms with Gasteiger partial charge in [0.2, 0.25) is 0 Å². The molecule has 3 unspecified atom stereocenters. The van der Waals surface area contributed by atoms with Gasteiger partial charge in [0, 0.05) is 11.7 Å². The number of hydrogen-bond acceptors (Lipinski definition) is 2. The summed E-state index contributed by atoms with van der Waals surface area (Å²) in [6.45, 7) is 6.50. The minimum atomic E-state index is -0.861. The Bertz CT molecular complexity index is 470. The Hall–Kier alpha value is -1.51. The van der Waals surface area contributed by atoms with Gasteiger partial charge in [0.25, 0.3) is 0 Å². The van der Waals surface area contributed by atoms with Gasteiger partial charge in [-0.15, -0.1) is 0 Å². The largest absolute Gasteiger partial charge is 0.478 e. The molecule has 1 aromatic rings. The second-order valence-corrected chi connectivity index (χ2v) is 5.71. The number of benzene rings is 1. The van der Waals surface area contributed by atoms with Crippen LogP contribution >= 0.6 is 0 Å². The molecule has 0 spiro atoms. The Morgan fingerprint density at radius 2 is 2.16 bits per heavy atom. The molecule has 1 saturated carbocycles. The molecule has 2 N–H and O–H groups in total. The molecule has 2 rings (SSSR count). The van der Waals surface area contributed by atoms with Gasteiger partial charge in [-0.25, -0.2) is 4.79 Å². The molecule has 1 fully saturated rings. The Labute approximate surface area is 115 Å². The highest BCUT2D eigenvalue weighted by Gasteiger charge is 2.31. The van der Waals surface area contributed by atoms with Crippen LogP contribution < -0.4 is 5.32 Å². The van der Waals surface area contributed by atoms with E-state index in [-0.39, 0.29) is 0 Å². The highest BCUT2D eigenvalue weighted by molar-refractivity contribution is 5.94. The Balaban J connectivity index is 2.19. The first kappa shape index (κ1) is 13.9. The summed E-state index contributed by atoms with van der Waals surface area (Å²) in [5, 5.41) is 12.7. The standard InChI is InChI=1S/C16H23NO2/c1-4-12-6-8-14(11(12)3)17-15-9-10(2)5-7-13(15)16(18)19/h5,7,9,11-12,14,17H,4,6,8H2,1-3H3,(H,18,19). The molecular formula is C16H23NO2. The van der Waals surface area contributed by atoms with Crippen molar-refractivity contribution in [3.05, 3.63) is 29.3 Å². The van der Waals surface area contributed by atoms with Crippen LogP contribution in [0.2, 0.25) is 0 Å². The lowest BCUT2D eigenvalue weighted by molar-refractivity contribution is 0.0698. The summed E-state index contributed by atoms with van der Waals surface area (Å²) < 4.78 is 0. The summed E-state index contributed by atoms with van der Waals surface area (Å²) in [4.78, 5) is 11.3. The van der Waals surface area contributed by atoms with E-state index in [1.54, 1.807) is 6.07 Å². The minimum absolute atomic E-state index is 0.373. The van der Waals surface area contributed by atoms with E-state index >= 15 is 0 Å². The minimum Gasteiger partial charge on any atom is -0.478 e. The van der Waals surface area contributed by atoms with Crippen LogP contribution in [0, 0.1) is 18.8 Å². The van der Waals surface area contributed by atoms with Crippen LogP contribution in [0.25, 0.3) is 0 Å². The lowest BCUT2D eigenvalue weighted by Crippen LogP contribution is -2.25. The molecule has 3 nitrogen and oxygen atoms in total. The molecule has 0 heterocycles. The van der Waals surface area contributed by atoms with Crippen molar-refractivity contribution in [1.82, 2.24) is 0 Å². The number of carboxylic acids is 1. The summed E-state index contributed by atoms with van der Waals surface area (Å²) in [6.07, 6.45) is 3.58. The summed E-state index contributed by atoms with van der Waals surface area (Å²) in [5.74, 6) is 0.503. The number of aryl methyl sites for hydroxylation is 1. The van der Waals surface area contributed by atoms with Gasteiger partial charge in [-0.05, 0) is 49.3 Å². The highest BCUT2D eigenvalue weighted by atomic mass is 16.4. The third-order valence-corrected chi connectivity index (χ3v) is 4.50. The van der Waals surface area contributed by atoms with Crippen molar-refractivity contribution in [2.45, 2.75) is 46.1 Å². The van der Waals surface area contributed by atoms with Crippen molar-refractivity contribution in [3.8, 4) is 0 Å². The average molecular weight is 261 g/mol. The van der Waals surface area contributed by atoms with Crippen molar-refractivity contribution in [2.75, 3.05) is 5.32 Å². The molecule has 3 heteroatoms. The average Bonchev–Trinajstić information content (AvgIpc) is 2.70. The van der Waals surface area contributed by atoms with Gasteiger partial charge in [-0.1, -0.05) is 26.3 Å². The van der Waals surface area contributed by atoms with Gasteiger partial charge in [0.05, 0.1) is 5.56 Å². The topological polar surface area (TPSA) is 49.3 Å². The van der Waals surface area contributed by atoms with Crippen molar-refractivity contribution in [1.29, 1.82) is 0 Å². The Morgan fingerprint density at radius 1 is 1.42 bits per heavy atom. The number of aromatic carboxylic acids is 1. The molecule has 0 amide bonds. The van der Waals surface area contributed by atoms with Gasteiger partial charge in [0.1, 0.15) is 0 Å². The smallest absolute Gasteiger partial charge is 0.337 e. The van der Waals surface area contributed by atoms with E-state index in [1.165, 1.54) is 12.8 Å². The normalized spacial score (nSPS) is 26.4. The van der Waals surface area contributed by atoms with Crippen LogP contribution in [-0.4, -0.2) is 17.1 Å².